The van der Waals surface area contributed by atoms with Crippen molar-refractivity contribution < 1.29 is 49.5 Å². The van der Waals surface area contributed by atoms with Gasteiger partial charge in [-0.25, -0.2) is 0 Å². The van der Waals surface area contributed by atoms with E-state index < -0.39 is 0 Å². The van der Waals surface area contributed by atoms with Crippen LogP contribution < -0.4 is 5.32 Å². The smallest absolute Gasteiger partial charge is 0.221 e. The summed E-state index contributed by atoms with van der Waals surface area (Å²) in [5.74, 6) is -0.948. The second-order valence-electron chi connectivity index (χ2n) is 9.93. The highest BCUT2D eigenvalue weighted by atomic mass is 16.3. The highest BCUT2D eigenvalue weighted by Gasteiger charge is 2.12. The first kappa shape index (κ1) is 39.8. The van der Waals surface area contributed by atoms with Crippen molar-refractivity contribution in [1.29, 1.82) is 0 Å². The van der Waals surface area contributed by atoms with Crippen molar-refractivity contribution in [3.05, 3.63) is 70.8 Å². The number of hydrogen-bond acceptors (Lipinski definition) is 10. The zero-order valence-corrected chi connectivity index (χ0v) is 26.7. The summed E-state index contributed by atoms with van der Waals surface area (Å²) in [7, 11) is 0. The fourth-order valence-corrected chi connectivity index (χ4v) is 3.74. The van der Waals surface area contributed by atoms with E-state index in [2.05, 4.69) is 5.32 Å². The zero-order valence-electron chi connectivity index (χ0n) is 26.7. The summed E-state index contributed by atoms with van der Waals surface area (Å²) in [4.78, 5) is 54.2. The van der Waals surface area contributed by atoms with Gasteiger partial charge in [-0.2, -0.15) is 0 Å². The van der Waals surface area contributed by atoms with Crippen molar-refractivity contribution in [2.45, 2.75) is 74.1 Å². The molecule has 0 aliphatic rings. The summed E-state index contributed by atoms with van der Waals surface area (Å²) in [6, 6.07) is 12.0. The molecule has 0 aliphatic heterocycles. The van der Waals surface area contributed by atoms with Crippen molar-refractivity contribution >= 4 is 34.7 Å². The SMILES string of the molecule is CC.CC(=O)Cc1cc(CC(C)=O)c(O)cc1O.CC(=O)Cc1cc(O)c(NC(C)=O)cc1O.CC(=O)Cc1ccccc1O. The molecular weight excluding hydrogens is 582 g/mol. The van der Waals surface area contributed by atoms with Crippen LogP contribution in [0.1, 0.15) is 70.7 Å². The van der Waals surface area contributed by atoms with Gasteiger partial charge >= 0.3 is 0 Å². The number of anilines is 1. The molecule has 0 bridgehead atoms. The normalized spacial score (nSPS) is 9.58. The van der Waals surface area contributed by atoms with E-state index in [1.54, 1.807) is 24.3 Å². The average Bonchev–Trinajstić information content (AvgIpc) is 2.92. The second-order valence-corrected chi connectivity index (χ2v) is 9.93. The second kappa shape index (κ2) is 19.9. The number of hydrogen-bond donors (Lipinski definition) is 6. The predicted octanol–water partition coefficient (Wildman–Crippen LogP) is 5.10. The third kappa shape index (κ3) is 15.7. The molecule has 11 nitrogen and oxygen atoms in total. The molecule has 0 saturated carbocycles. The number of benzene rings is 3. The number of Topliss-reactive ketones (excluding diaryl/α,β-unsaturated/α-hetero) is 4. The van der Waals surface area contributed by atoms with Crippen molar-refractivity contribution in [2.24, 2.45) is 0 Å². The number of ketones is 4. The predicted molar refractivity (Wildman–Crippen MR) is 171 cm³/mol. The molecule has 0 aromatic heterocycles. The summed E-state index contributed by atoms with van der Waals surface area (Å²) in [5, 5.41) is 49.7. The van der Waals surface area contributed by atoms with Crippen LogP contribution in [-0.2, 0) is 49.7 Å². The van der Waals surface area contributed by atoms with Gasteiger partial charge in [0.25, 0.3) is 0 Å². The lowest BCUT2D eigenvalue weighted by Gasteiger charge is -2.09. The highest BCUT2D eigenvalue weighted by molar-refractivity contribution is 5.91. The minimum Gasteiger partial charge on any atom is -0.508 e. The Hall–Kier alpha value is -5.19. The lowest BCUT2D eigenvalue weighted by molar-refractivity contribution is -0.117. The molecular formula is C34H43NO10. The largest absolute Gasteiger partial charge is 0.508 e. The van der Waals surface area contributed by atoms with Crippen molar-refractivity contribution in [2.75, 3.05) is 5.32 Å². The van der Waals surface area contributed by atoms with Crippen LogP contribution in [0.25, 0.3) is 0 Å². The van der Waals surface area contributed by atoms with Crippen LogP contribution in [0.3, 0.4) is 0 Å². The van der Waals surface area contributed by atoms with Crippen molar-refractivity contribution in [1.82, 2.24) is 0 Å². The molecule has 0 fully saturated rings. The van der Waals surface area contributed by atoms with Gasteiger partial charge in [0.1, 0.15) is 51.9 Å². The molecule has 3 aromatic rings. The van der Waals surface area contributed by atoms with E-state index in [-0.39, 0.29) is 82.7 Å². The van der Waals surface area contributed by atoms with Crippen LogP contribution in [0, 0.1) is 0 Å². The fraction of sp³-hybridized carbons (Fsp3) is 0.324. The van der Waals surface area contributed by atoms with Crippen molar-refractivity contribution in [3.63, 3.8) is 0 Å². The summed E-state index contributed by atoms with van der Waals surface area (Å²) < 4.78 is 0. The maximum Gasteiger partial charge on any atom is 0.221 e. The zero-order chi connectivity index (χ0) is 34.9. The molecule has 0 heterocycles. The molecule has 0 saturated heterocycles. The molecule has 0 aliphatic carbocycles. The van der Waals surface area contributed by atoms with Gasteiger partial charge in [0.2, 0.25) is 5.91 Å². The topological polar surface area (TPSA) is 199 Å². The van der Waals surface area contributed by atoms with Crippen LogP contribution >= 0.6 is 0 Å². The van der Waals surface area contributed by atoms with Gasteiger partial charge in [-0.05, 0) is 45.9 Å². The number of rotatable bonds is 9. The molecule has 1 amide bonds. The minimum absolute atomic E-state index is 0.0414. The number of nitrogens with one attached hydrogen (secondary N) is 1. The molecule has 3 aromatic carbocycles. The number of phenols is 5. The number of carbonyl (C=O) groups is 5. The van der Waals surface area contributed by atoms with E-state index >= 15 is 0 Å². The third-order valence-corrected chi connectivity index (χ3v) is 5.54. The van der Waals surface area contributed by atoms with E-state index in [1.807, 2.05) is 13.8 Å². The lowest BCUT2D eigenvalue weighted by Crippen LogP contribution is -2.06. The summed E-state index contributed by atoms with van der Waals surface area (Å²) in [6.45, 7) is 11.0. The Morgan fingerprint density at radius 1 is 0.489 bits per heavy atom. The molecule has 11 heteroatoms. The van der Waals surface area contributed by atoms with Crippen molar-refractivity contribution in [3.8, 4) is 28.7 Å². The van der Waals surface area contributed by atoms with Crippen LogP contribution in [0.15, 0.2) is 48.5 Å². The Balaban J connectivity index is 0.000000638. The average molecular weight is 626 g/mol. The first-order valence-electron chi connectivity index (χ1n) is 14.1. The van der Waals surface area contributed by atoms with Crippen LogP contribution in [0.2, 0.25) is 0 Å². The molecule has 244 valence electrons. The van der Waals surface area contributed by atoms with E-state index in [1.165, 1.54) is 52.8 Å². The van der Waals surface area contributed by atoms with Gasteiger partial charge in [0, 0.05) is 67.0 Å². The van der Waals surface area contributed by atoms with E-state index in [9.17, 15) is 49.5 Å². The first-order chi connectivity index (χ1) is 21.0. The van der Waals surface area contributed by atoms with E-state index in [4.69, 9.17) is 0 Å². The van der Waals surface area contributed by atoms with Crippen LogP contribution in [-0.4, -0.2) is 54.6 Å². The monoisotopic (exact) mass is 625 g/mol. The van der Waals surface area contributed by atoms with Crippen LogP contribution in [0.4, 0.5) is 5.69 Å². The maximum atomic E-state index is 10.9. The number of amides is 1. The first-order valence-corrected chi connectivity index (χ1v) is 14.1. The molecule has 0 spiro atoms. The molecule has 45 heavy (non-hydrogen) atoms. The molecule has 3 rings (SSSR count). The number of carbonyl (C=O) groups excluding carboxylic acids is 5. The van der Waals surface area contributed by atoms with Gasteiger partial charge in [-0.15, -0.1) is 0 Å². The fourth-order valence-electron chi connectivity index (χ4n) is 3.74. The number of para-hydroxylation sites is 1. The van der Waals surface area contributed by atoms with E-state index in [0.717, 1.165) is 6.07 Å². The summed E-state index contributed by atoms with van der Waals surface area (Å²) >= 11 is 0. The Morgan fingerprint density at radius 2 is 0.867 bits per heavy atom. The van der Waals surface area contributed by atoms with Gasteiger partial charge in [0.05, 0.1) is 5.69 Å². The Bertz CT molecular complexity index is 1420. The Labute approximate surface area is 263 Å². The summed E-state index contributed by atoms with van der Waals surface area (Å²) in [5.41, 5.74) is 2.01. The molecule has 0 atom stereocenters. The molecule has 6 N–H and O–H groups in total. The van der Waals surface area contributed by atoms with Gasteiger partial charge in [-0.1, -0.05) is 32.0 Å². The van der Waals surface area contributed by atoms with Gasteiger partial charge in [-0.3, -0.25) is 24.0 Å². The number of aromatic hydroxyl groups is 5. The Kier molecular flexibility index (Phi) is 17.6. The summed E-state index contributed by atoms with van der Waals surface area (Å²) in [6.07, 6.45) is 0.542. The van der Waals surface area contributed by atoms with E-state index in [0.29, 0.717) is 28.7 Å². The highest BCUT2D eigenvalue weighted by Crippen LogP contribution is 2.32. The van der Waals surface area contributed by atoms with Crippen LogP contribution in [0.5, 0.6) is 28.7 Å². The lowest BCUT2D eigenvalue weighted by atomic mass is 10.0. The third-order valence-electron chi connectivity index (χ3n) is 5.54. The van der Waals surface area contributed by atoms with Gasteiger partial charge < -0.3 is 30.8 Å². The Morgan fingerprint density at radius 3 is 1.27 bits per heavy atom. The number of phenolic OH excluding ortho intramolecular Hbond substituents is 5. The van der Waals surface area contributed by atoms with Gasteiger partial charge in [0.15, 0.2) is 0 Å². The standard InChI is InChI=1S/C12H14O4.C11H13NO4.C9H10O2.C2H6/c1-7(13)3-9-5-10(4-8(2)14)12(16)6-11(9)15;1-6(13)3-8-4-11(16)9(5-10(8)15)12-7(2)14;1-7(10)6-8-4-2-3-5-9(8)11;1-2/h5-6,15-16H,3-4H2,1-2H3;4-5,15-16H,3H2,1-2H3,(H,12,14);2-5,11H,6H2,1H3;1-2H3. The molecule has 0 unspecified atom stereocenters. The maximum absolute atomic E-state index is 10.9. The minimum atomic E-state index is -0.353. The quantitative estimate of drug-likeness (QED) is 0.137. The molecule has 0 radical (unpaired) electrons.